The molecule has 0 bridgehead atoms. The Bertz CT molecular complexity index is 1550. The quantitative estimate of drug-likeness (QED) is 0.392. The van der Waals surface area contributed by atoms with Crippen LogP contribution in [0.3, 0.4) is 0 Å². The Hall–Kier alpha value is -4.26. The molecule has 1 fully saturated rings. The summed E-state index contributed by atoms with van der Waals surface area (Å²) in [6.07, 6.45) is -2.07. The first-order valence-corrected chi connectivity index (χ1v) is 12.1. The van der Waals surface area contributed by atoms with E-state index < -0.39 is 29.2 Å². The van der Waals surface area contributed by atoms with E-state index in [0.717, 1.165) is 6.07 Å². The van der Waals surface area contributed by atoms with Crippen LogP contribution in [0.5, 0.6) is 0 Å². The molecule has 5 rings (SSSR count). The van der Waals surface area contributed by atoms with E-state index >= 15 is 0 Å². The van der Waals surface area contributed by atoms with E-state index in [9.17, 15) is 23.1 Å². The standard InChI is InChI=1S/C26H26F3N7O3/c1-24(2,3)39-23(37)35-12-10-25(38,14-35)18-8-6-15(13-32-18)36-21(16-5-4-11-31-20(16)30)33-17-7-9-19(26(27,28)29)34-22(17)36/h4-9,11,13,38H,10,12,14H2,1-3H3,(H2,30,31). The first kappa shape index (κ1) is 26.4. The summed E-state index contributed by atoms with van der Waals surface area (Å²) in [6.45, 7) is 5.53. The second-order valence-electron chi connectivity index (χ2n) is 10.3. The molecule has 4 aromatic rings. The van der Waals surface area contributed by atoms with Crippen LogP contribution in [-0.2, 0) is 16.5 Å². The van der Waals surface area contributed by atoms with E-state index in [0.29, 0.717) is 16.9 Å². The summed E-state index contributed by atoms with van der Waals surface area (Å²) in [5.74, 6) is 0.366. The minimum absolute atomic E-state index is 0.0176. The van der Waals surface area contributed by atoms with Crippen molar-refractivity contribution in [1.82, 2.24) is 29.4 Å². The maximum atomic E-state index is 13.5. The maximum absolute atomic E-state index is 13.5. The molecule has 13 heteroatoms. The van der Waals surface area contributed by atoms with Crippen LogP contribution in [0.15, 0.2) is 48.8 Å². The number of hydrogen-bond acceptors (Lipinski definition) is 8. The van der Waals surface area contributed by atoms with Gasteiger partial charge < -0.3 is 20.5 Å². The summed E-state index contributed by atoms with van der Waals surface area (Å²) in [5, 5.41) is 11.3. The monoisotopic (exact) mass is 541 g/mol. The number of aromatic nitrogens is 5. The van der Waals surface area contributed by atoms with Gasteiger partial charge in [0.1, 0.15) is 28.2 Å². The fourth-order valence-corrected chi connectivity index (χ4v) is 4.43. The molecule has 1 amide bonds. The Labute approximate surface area is 221 Å². The number of β-amino-alcohol motifs (C(OH)–C–C–N with tert-alkyl or cyclic N) is 1. The number of nitrogen functional groups attached to an aromatic ring is 1. The van der Waals surface area contributed by atoms with Gasteiger partial charge >= 0.3 is 12.3 Å². The molecule has 10 nitrogen and oxygen atoms in total. The summed E-state index contributed by atoms with van der Waals surface area (Å²) in [6, 6.07) is 8.55. The molecule has 3 N–H and O–H groups in total. The van der Waals surface area contributed by atoms with Gasteiger partial charge in [-0.1, -0.05) is 0 Å². The van der Waals surface area contributed by atoms with E-state index in [1.165, 1.54) is 27.9 Å². The number of pyridine rings is 3. The van der Waals surface area contributed by atoms with Crippen molar-refractivity contribution in [2.75, 3.05) is 18.8 Å². The number of hydrogen-bond donors (Lipinski definition) is 2. The summed E-state index contributed by atoms with van der Waals surface area (Å²) in [7, 11) is 0. The number of carbonyl (C=O) groups excluding carboxylic acids is 1. The lowest BCUT2D eigenvalue weighted by Crippen LogP contribution is -2.38. The Morgan fingerprint density at radius 3 is 2.51 bits per heavy atom. The number of carbonyl (C=O) groups is 1. The summed E-state index contributed by atoms with van der Waals surface area (Å²) >= 11 is 0. The number of anilines is 1. The van der Waals surface area contributed by atoms with Gasteiger partial charge in [-0.25, -0.2) is 19.7 Å². The van der Waals surface area contributed by atoms with Crippen LogP contribution in [0.1, 0.15) is 38.6 Å². The van der Waals surface area contributed by atoms with E-state index in [1.54, 1.807) is 45.0 Å². The molecule has 1 unspecified atom stereocenters. The summed E-state index contributed by atoms with van der Waals surface area (Å²) in [4.78, 5) is 30.7. The van der Waals surface area contributed by atoms with E-state index in [2.05, 4.69) is 19.9 Å². The van der Waals surface area contributed by atoms with Crippen LogP contribution in [-0.4, -0.2) is 59.3 Å². The molecular formula is C26H26F3N7O3. The second kappa shape index (κ2) is 9.19. The van der Waals surface area contributed by atoms with E-state index in [4.69, 9.17) is 10.5 Å². The molecule has 39 heavy (non-hydrogen) atoms. The third-order valence-corrected chi connectivity index (χ3v) is 6.26. The fraction of sp³-hybridized carbons (Fsp3) is 0.346. The van der Waals surface area contributed by atoms with Crippen molar-refractivity contribution in [3.05, 3.63) is 60.2 Å². The first-order chi connectivity index (χ1) is 18.2. The summed E-state index contributed by atoms with van der Waals surface area (Å²) < 4.78 is 47.3. The van der Waals surface area contributed by atoms with Gasteiger partial charge in [-0.15, -0.1) is 0 Å². The lowest BCUT2D eigenvalue weighted by Gasteiger charge is -2.26. The zero-order chi connectivity index (χ0) is 28.2. The Balaban J connectivity index is 1.55. The molecule has 0 saturated carbocycles. The van der Waals surface area contributed by atoms with Gasteiger partial charge in [-0.2, -0.15) is 13.2 Å². The number of alkyl halides is 3. The Morgan fingerprint density at radius 2 is 1.87 bits per heavy atom. The van der Waals surface area contributed by atoms with Gasteiger partial charge in [0, 0.05) is 19.2 Å². The average Bonchev–Trinajstić information content (AvgIpc) is 3.44. The van der Waals surface area contributed by atoms with Crippen LogP contribution in [0, 0.1) is 0 Å². The van der Waals surface area contributed by atoms with Crippen molar-refractivity contribution in [1.29, 1.82) is 0 Å². The van der Waals surface area contributed by atoms with Crippen LogP contribution in [0.25, 0.3) is 28.2 Å². The molecule has 1 aliphatic heterocycles. The zero-order valence-electron chi connectivity index (χ0n) is 21.4. The molecular weight excluding hydrogens is 515 g/mol. The number of imidazole rings is 1. The number of nitrogens with two attached hydrogens (primary N) is 1. The minimum Gasteiger partial charge on any atom is -0.444 e. The van der Waals surface area contributed by atoms with Crippen molar-refractivity contribution in [2.45, 2.75) is 44.6 Å². The molecule has 0 aromatic carbocycles. The molecule has 1 saturated heterocycles. The van der Waals surface area contributed by atoms with E-state index in [1.807, 2.05) is 0 Å². The van der Waals surface area contributed by atoms with Gasteiger partial charge in [-0.3, -0.25) is 9.55 Å². The summed E-state index contributed by atoms with van der Waals surface area (Å²) in [5.41, 5.74) is 4.09. The average molecular weight is 542 g/mol. The molecule has 1 atom stereocenters. The molecule has 0 spiro atoms. The van der Waals surface area contributed by atoms with Crippen molar-refractivity contribution in [3.63, 3.8) is 0 Å². The SMILES string of the molecule is CC(C)(C)OC(=O)N1CCC(O)(c2ccc(-n3c(-c4cccnc4N)nc4ccc(C(F)(F)F)nc43)cn2)C1. The van der Waals surface area contributed by atoms with E-state index in [-0.39, 0.29) is 42.3 Å². The largest absolute Gasteiger partial charge is 0.444 e. The third-order valence-electron chi connectivity index (χ3n) is 6.26. The molecule has 4 aromatic heterocycles. The molecule has 0 radical (unpaired) electrons. The first-order valence-electron chi connectivity index (χ1n) is 12.1. The highest BCUT2D eigenvalue weighted by Gasteiger charge is 2.42. The van der Waals surface area contributed by atoms with Crippen LogP contribution < -0.4 is 5.73 Å². The maximum Gasteiger partial charge on any atom is 0.433 e. The Kier molecular flexibility index (Phi) is 6.21. The number of amides is 1. The van der Waals surface area contributed by atoms with Crippen LogP contribution >= 0.6 is 0 Å². The molecule has 204 valence electrons. The van der Waals surface area contributed by atoms with Gasteiger partial charge in [0.2, 0.25) is 0 Å². The third kappa shape index (κ3) is 5.09. The van der Waals surface area contributed by atoms with Gasteiger partial charge in [0.15, 0.2) is 11.5 Å². The lowest BCUT2D eigenvalue weighted by molar-refractivity contribution is -0.141. The smallest absolute Gasteiger partial charge is 0.433 e. The fourth-order valence-electron chi connectivity index (χ4n) is 4.43. The Morgan fingerprint density at radius 1 is 1.10 bits per heavy atom. The molecule has 1 aliphatic rings. The molecule has 5 heterocycles. The number of likely N-dealkylation sites (tertiary alicyclic amines) is 1. The van der Waals surface area contributed by atoms with Crippen molar-refractivity contribution >= 4 is 23.1 Å². The molecule has 0 aliphatic carbocycles. The lowest BCUT2D eigenvalue weighted by atomic mass is 9.98. The van der Waals surface area contributed by atoms with Gasteiger partial charge in [0.05, 0.1) is 29.7 Å². The zero-order valence-corrected chi connectivity index (χ0v) is 21.4. The topological polar surface area (TPSA) is 132 Å². The number of nitrogens with zero attached hydrogens (tertiary/aromatic N) is 6. The number of aliphatic hydroxyl groups is 1. The minimum atomic E-state index is -4.66. The van der Waals surface area contributed by atoms with Gasteiger partial charge in [-0.05, 0) is 57.2 Å². The highest BCUT2D eigenvalue weighted by molar-refractivity contribution is 5.82. The number of ether oxygens (including phenoxy) is 1. The van der Waals surface area contributed by atoms with Crippen molar-refractivity contribution in [3.8, 4) is 17.1 Å². The number of halogens is 3. The van der Waals surface area contributed by atoms with Crippen molar-refractivity contribution < 1.29 is 27.8 Å². The van der Waals surface area contributed by atoms with Gasteiger partial charge in [0.25, 0.3) is 0 Å². The van der Waals surface area contributed by atoms with Crippen LogP contribution in [0.4, 0.5) is 23.8 Å². The highest BCUT2D eigenvalue weighted by atomic mass is 19.4. The number of rotatable bonds is 3. The number of fused-ring (bicyclic) bond motifs is 1. The van der Waals surface area contributed by atoms with Crippen molar-refractivity contribution in [2.24, 2.45) is 0 Å². The highest BCUT2D eigenvalue weighted by Crippen LogP contribution is 2.35. The predicted octanol–water partition coefficient (Wildman–Crippen LogP) is 4.31. The van der Waals surface area contributed by atoms with Crippen LogP contribution in [0.2, 0.25) is 0 Å². The normalized spacial score (nSPS) is 18.1. The predicted molar refractivity (Wildman–Crippen MR) is 136 cm³/mol. The second-order valence-corrected chi connectivity index (χ2v) is 10.3.